The van der Waals surface area contributed by atoms with Crippen LogP contribution in [0.5, 0.6) is 5.75 Å². The first kappa shape index (κ1) is 14.3. The lowest BCUT2D eigenvalue weighted by atomic mass is 9.95. The molecule has 0 spiro atoms. The summed E-state index contributed by atoms with van der Waals surface area (Å²) in [6, 6.07) is 5.42. The van der Waals surface area contributed by atoms with Crippen molar-refractivity contribution in [2.75, 3.05) is 20.2 Å². The van der Waals surface area contributed by atoms with Crippen molar-refractivity contribution >= 4 is 0 Å². The summed E-state index contributed by atoms with van der Waals surface area (Å²) in [4.78, 5) is 0. The summed E-state index contributed by atoms with van der Waals surface area (Å²) in [5.74, 6) is 0.813. The van der Waals surface area contributed by atoms with Crippen LogP contribution in [0.1, 0.15) is 32.3 Å². The van der Waals surface area contributed by atoms with E-state index in [0.717, 1.165) is 25.1 Å². The third-order valence-corrected chi connectivity index (χ3v) is 3.84. The minimum absolute atomic E-state index is 0.194. The van der Waals surface area contributed by atoms with Gasteiger partial charge in [-0.3, -0.25) is 0 Å². The van der Waals surface area contributed by atoms with Gasteiger partial charge in [0.05, 0.1) is 7.11 Å². The molecule has 1 aromatic carbocycles. The average Bonchev–Trinajstić information content (AvgIpc) is 3.12. The van der Waals surface area contributed by atoms with Crippen LogP contribution < -0.4 is 10.1 Å². The Morgan fingerprint density at radius 2 is 2.11 bits per heavy atom. The first-order valence-electron chi connectivity index (χ1n) is 7.08. The summed E-state index contributed by atoms with van der Waals surface area (Å²) in [6.07, 6.45) is 3.19. The topological polar surface area (TPSA) is 21.3 Å². The Morgan fingerprint density at radius 1 is 1.37 bits per heavy atom. The maximum atomic E-state index is 14.1. The lowest BCUT2D eigenvalue weighted by Gasteiger charge is -2.18. The molecule has 1 aliphatic rings. The van der Waals surface area contributed by atoms with Gasteiger partial charge in [0.25, 0.3) is 0 Å². The van der Waals surface area contributed by atoms with E-state index in [1.165, 1.54) is 20.0 Å². The standard InChI is InChI=1S/C16H24FNO/c1-12(2)10-18-11-16(7-8-16)9-13-5-4-6-14(19-3)15(13)17/h4-6,12,18H,7-11H2,1-3H3. The Kier molecular flexibility index (Phi) is 4.46. The summed E-state index contributed by atoms with van der Waals surface area (Å²) in [5.41, 5.74) is 1.05. The van der Waals surface area contributed by atoms with Gasteiger partial charge >= 0.3 is 0 Å². The van der Waals surface area contributed by atoms with Gasteiger partial charge in [0.1, 0.15) is 0 Å². The van der Waals surface area contributed by atoms with Gasteiger partial charge in [-0.1, -0.05) is 26.0 Å². The largest absolute Gasteiger partial charge is 0.494 e. The molecule has 0 bridgehead atoms. The minimum atomic E-state index is -0.194. The van der Waals surface area contributed by atoms with Crippen molar-refractivity contribution in [3.63, 3.8) is 0 Å². The molecule has 1 aliphatic carbocycles. The number of benzene rings is 1. The summed E-state index contributed by atoms with van der Waals surface area (Å²) in [6.45, 7) is 6.42. The van der Waals surface area contributed by atoms with Crippen LogP contribution in [0.25, 0.3) is 0 Å². The zero-order chi connectivity index (χ0) is 13.9. The molecule has 0 radical (unpaired) electrons. The fourth-order valence-corrected chi connectivity index (χ4v) is 2.47. The highest BCUT2D eigenvalue weighted by Gasteiger charge is 2.42. The van der Waals surface area contributed by atoms with Gasteiger partial charge in [-0.05, 0) is 48.8 Å². The van der Waals surface area contributed by atoms with Crippen molar-refractivity contribution < 1.29 is 9.13 Å². The Bertz CT molecular complexity index is 427. The molecular weight excluding hydrogens is 241 g/mol. The number of hydrogen-bond acceptors (Lipinski definition) is 2. The van der Waals surface area contributed by atoms with Crippen LogP contribution in [0, 0.1) is 17.2 Å². The molecule has 3 heteroatoms. The first-order valence-corrected chi connectivity index (χ1v) is 7.08. The van der Waals surface area contributed by atoms with Crippen LogP contribution in [0.15, 0.2) is 18.2 Å². The average molecular weight is 265 g/mol. The van der Waals surface area contributed by atoms with E-state index in [-0.39, 0.29) is 11.2 Å². The lowest BCUT2D eigenvalue weighted by molar-refractivity contribution is 0.378. The SMILES string of the molecule is COc1cccc(CC2(CNCC(C)C)CC2)c1F. The second-order valence-electron chi connectivity index (χ2n) is 6.13. The van der Waals surface area contributed by atoms with E-state index in [2.05, 4.69) is 19.2 Å². The Labute approximate surface area is 115 Å². The molecule has 19 heavy (non-hydrogen) atoms. The Hall–Kier alpha value is -1.09. The van der Waals surface area contributed by atoms with Crippen molar-refractivity contribution in [1.82, 2.24) is 5.32 Å². The van der Waals surface area contributed by atoms with Gasteiger partial charge in [-0.15, -0.1) is 0 Å². The van der Waals surface area contributed by atoms with Gasteiger partial charge in [-0.25, -0.2) is 4.39 Å². The molecule has 1 N–H and O–H groups in total. The van der Waals surface area contributed by atoms with Crippen LogP contribution >= 0.6 is 0 Å². The van der Waals surface area contributed by atoms with Crippen molar-refractivity contribution in [2.24, 2.45) is 11.3 Å². The first-order chi connectivity index (χ1) is 9.06. The zero-order valence-corrected chi connectivity index (χ0v) is 12.1. The molecule has 0 unspecified atom stereocenters. The van der Waals surface area contributed by atoms with Gasteiger partial charge < -0.3 is 10.1 Å². The molecule has 0 atom stereocenters. The van der Waals surface area contributed by atoms with Crippen molar-refractivity contribution in [1.29, 1.82) is 0 Å². The monoisotopic (exact) mass is 265 g/mol. The third-order valence-electron chi connectivity index (χ3n) is 3.84. The molecule has 0 heterocycles. The number of halogens is 1. The summed E-state index contributed by atoms with van der Waals surface area (Å²) >= 11 is 0. The maximum Gasteiger partial charge on any atom is 0.168 e. The molecule has 106 valence electrons. The summed E-state index contributed by atoms with van der Waals surface area (Å²) in [7, 11) is 1.51. The second kappa shape index (κ2) is 5.91. The molecular formula is C16H24FNO. The molecule has 0 amide bonds. The summed E-state index contributed by atoms with van der Waals surface area (Å²) < 4.78 is 19.2. The van der Waals surface area contributed by atoms with E-state index < -0.39 is 0 Å². The van der Waals surface area contributed by atoms with Crippen LogP contribution in [-0.2, 0) is 6.42 Å². The highest BCUT2D eigenvalue weighted by atomic mass is 19.1. The highest BCUT2D eigenvalue weighted by molar-refractivity contribution is 5.32. The van der Waals surface area contributed by atoms with E-state index >= 15 is 0 Å². The van der Waals surface area contributed by atoms with Gasteiger partial charge in [-0.2, -0.15) is 0 Å². The third kappa shape index (κ3) is 3.69. The van der Waals surface area contributed by atoms with E-state index in [1.54, 1.807) is 6.07 Å². The molecule has 0 aromatic heterocycles. The number of rotatable bonds is 7. The Balaban J connectivity index is 1.97. The van der Waals surface area contributed by atoms with Crippen LogP contribution in [-0.4, -0.2) is 20.2 Å². The van der Waals surface area contributed by atoms with Crippen LogP contribution in [0.2, 0.25) is 0 Å². The van der Waals surface area contributed by atoms with E-state index in [1.807, 2.05) is 12.1 Å². The van der Waals surface area contributed by atoms with Crippen molar-refractivity contribution in [3.8, 4) is 5.75 Å². The lowest BCUT2D eigenvalue weighted by Crippen LogP contribution is -2.28. The quantitative estimate of drug-likeness (QED) is 0.816. The molecule has 1 saturated carbocycles. The minimum Gasteiger partial charge on any atom is -0.494 e. The fourth-order valence-electron chi connectivity index (χ4n) is 2.47. The van der Waals surface area contributed by atoms with Crippen LogP contribution in [0.3, 0.4) is 0 Å². The number of hydrogen-bond donors (Lipinski definition) is 1. The van der Waals surface area contributed by atoms with Gasteiger partial charge in [0.15, 0.2) is 11.6 Å². The van der Waals surface area contributed by atoms with E-state index in [4.69, 9.17) is 4.74 Å². The fraction of sp³-hybridized carbons (Fsp3) is 0.625. The number of nitrogens with one attached hydrogen (secondary N) is 1. The second-order valence-corrected chi connectivity index (χ2v) is 6.13. The number of methoxy groups -OCH3 is 1. The molecule has 0 aliphatic heterocycles. The van der Waals surface area contributed by atoms with E-state index in [9.17, 15) is 4.39 Å². The van der Waals surface area contributed by atoms with Gasteiger partial charge in [0, 0.05) is 6.54 Å². The molecule has 1 aromatic rings. The molecule has 2 rings (SSSR count). The molecule has 2 nitrogen and oxygen atoms in total. The predicted molar refractivity (Wildman–Crippen MR) is 76.0 cm³/mol. The molecule has 0 saturated heterocycles. The van der Waals surface area contributed by atoms with Crippen molar-refractivity contribution in [3.05, 3.63) is 29.6 Å². The smallest absolute Gasteiger partial charge is 0.168 e. The number of ether oxygens (including phenoxy) is 1. The maximum absolute atomic E-state index is 14.1. The zero-order valence-electron chi connectivity index (χ0n) is 12.1. The predicted octanol–water partition coefficient (Wildman–Crippen LogP) is 3.40. The summed E-state index contributed by atoms with van der Waals surface area (Å²) in [5, 5.41) is 3.50. The van der Waals surface area contributed by atoms with Gasteiger partial charge in [0.2, 0.25) is 0 Å². The van der Waals surface area contributed by atoms with Crippen LogP contribution in [0.4, 0.5) is 4.39 Å². The molecule has 1 fully saturated rings. The van der Waals surface area contributed by atoms with Crippen molar-refractivity contribution in [2.45, 2.75) is 33.1 Å². The Morgan fingerprint density at radius 3 is 2.68 bits per heavy atom. The normalized spacial score (nSPS) is 16.7. The highest BCUT2D eigenvalue weighted by Crippen LogP contribution is 2.48. The van der Waals surface area contributed by atoms with E-state index in [0.29, 0.717) is 11.7 Å².